The summed E-state index contributed by atoms with van der Waals surface area (Å²) in [5.74, 6) is 0.214. The molecule has 0 amide bonds. The van der Waals surface area contributed by atoms with Gasteiger partial charge in [0.1, 0.15) is 17.7 Å². The Labute approximate surface area is 125 Å². The van der Waals surface area contributed by atoms with Crippen LogP contribution in [0.2, 0.25) is 0 Å². The molecule has 1 unspecified atom stereocenters. The van der Waals surface area contributed by atoms with Crippen molar-refractivity contribution in [2.45, 2.75) is 18.6 Å². The van der Waals surface area contributed by atoms with Crippen LogP contribution in [0.5, 0.6) is 5.75 Å². The molecule has 0 radical (unpaired) electrons. The largest absolute Gasteiger partial charge is 0.485 e. The molecular weight excluding hydrogens is 287 g/mol. The molecule has 0 saturated carbocycles. The van der Waals surface area contributed by atoms with Crippen molar-refractivity contribution in [1.82, 2.24) is 0 Å². The summed E-state index contributed by atoms with van der Waals surface area (Å²) < 4.78 is 20.5. The molecule has 4 rings (SSSR count). The molecule has 0 saturated heterocycles. The Morgan fingerprint density at radius 3 is 2.90 bits per heavy atom. The van der Waals surface area contributed by atoms with Gasteiger partial charge in [-0.3, -0.25) is 0 Å². The first kappa shape index (κ1) is 12.8. The van der Waals surface area contributed by atoms with Crippen molar-refractivity contribution in [3.05, 3.63) is 64.8 Å². The quantitative estimate of drug-likeness (QED) is 0.712. The zero-order chi connectivity index (χ0) is 14.4. The summed E-state index contributed by atoms with van der Waals surface area (Å²) in [6.45, 7) is 0. The van der Waals surface area contributed by atoms with Gasteiger partial charge < -0.3 is 9.84 Å². The molecule has 0 aliphatic carbocycles. The van der Waals surface area contributed by atoms with Gasteiger partial charge in [0, 0.05) is 22.2 Å². The zero-order valence-electron chi connectivity index (χ0n) is 11.1. The van der Waals surface area contributed by atoms with E-state index in [0.29, 0.717) is 17.7 Å². The fourth-order valence-electron chi connectivity index (χ4n) is 2.86. The predicted octanol–water partition coefficient (Wildman–Crippen LogP) is 4.60. The molecule has 1 aromatic heterocycles. The molecular formula is C17H13FO2S. The van der Waals surface area contributed by atoms with Crippen LogP contribution in [-0.2, 0) is 0 Å². The van der Waals surface area contributed by atoms with Gasteiger partial charge in [0.25, 0.3) is 0 Å². The maximum absolute atomic E-state index is 13.3. The number of aliphatic hydroxyl groups excluding tert-OH is 1. The normalized spacial score (nSPS) is 21.0. The van der Waals surface area contributed by atoms with Gasteiger partial charge in [-0.1, -0.05) is 18.2 Å². The summed E-state index contributed by atoms with van der Waals surface area (Å²) in [5, 5.41) is 13.5. The fraction of sp³-hybridized carbons (Fsp3) is 0.176. The monoisotopic (exact) mass is 300 g/mol. The van der Waals surface area contributed by atoms with E-state index in [0.717, 1.165) is 10.9 Å². The summed E-state index contributed by atoms with van der Waals surface area (Å²) in [6, 6.07) is 12.5. The fourth-order valence-corrected chi connectivity index (χ4v) is 3.86. The van der Waals surface area contributed by atoms with Gasteiger partial charge in [0.15, 0.2) is 0 Å². The molecule has 1 aliphatic rings. The number of benzene rings is 2. The molecule has 0 fully saturated rings. The number of fused-ring (bicyclic) bond motifs is 2. The first-order chi connectivity index (χ1) is 10.2. The molecule has 1 N–H and O–H groups in total. The van der Waals surface area contributed by atoms with E-state index in [-0.39, 0.29) is 11.9 Å². The van der Waals surface area contributed by atoms with Crippen LogP contribution in [-0.4, -0.2) is 5.11 Å². The number of ether oxygens (including phenoxy) is 1. The summed E-state index contributed by atoms with van der Waals surface area (Å²) in [4.78, 5) is 0. The predicted molar refractivity (Wildman–Crippen MR) is 81.2 cm³/mol. The molecule has 106 valence electrons. The van der Waals surface area contributed by atoms with Crippen molar-refractivity contribution in [3.8, 4) is 5.75 Å². The average molecular weight is 300 g/mol. The Hall–Kier alpha value is -1.91. The maximum Gasteiger partial charge on any atom is 0.128 e. The Morgan fingerprint density at radius 2 is 2.00 bits per heavy atom. The molecule has 2 nitrogen and oxygen atoms in total. The number of hydrogen-bond donors (Lipinski definition) is 1. The van der Waals surface area contributed by atoms with Gasteiger partial charge in [0.2, 0.25) is 0 Å². The lowest BCUT2D eigenvalue weighted by Gasteiger charge is -2.29. The van der Waals surface area contributed by atoms with Gasteiger partial charge in [-0.2, -0.15) is 0 Å². The van der Waals surface area contributed by atoms with E-state index in [4.69, 9.17) is 4.74 Å². The molecule has 2 aromatic carbocycles. The number of rotatable bonds is 1. The van der Waals surface area contributed by atoms with E-state index >= 15 is 0 Å². The zero-order valence-corrected chi connectivity index (χ0v) is 11.9. The SMILES string of the molecule is O[C@@H]1CC(c2csc3ccccc23)Oc2ccc(F)cc21. The Kier molecular flexibility index (Phi) is 2.94. The standard InChI is InChI=1S/C17H13FO2S/c18-10-5-6-15-12(7-10)14(19)8-16(20-15)13-9-21-17-4-2-1-3-11(13)17/h1-7,9,14,16,19H,8H2/t14-,16?/m1/s1. The van der Waals surface area contributed by atoms with Crippen LogP contribution >= 0.6 is 11.3 Å². The van der Waals surface area contributed by atoms with E-state index in [1.807, 2.05) is 12.1 Å². The molecule has 0 spiro atoms. The van der Waals surface area contributed by atoms with Crippen LogP contribution in [0.4, 0.5) is 4.39 Å². The lowest BCUT2D eigenvalue weighted by atomic mass is 9.95. The highest BCUT2D eigenvalue weighted by molar-refractivity contribution is 7.17. The molecule has 2 heterocycles. The van der Waals surface area contributed by atoms with Crippen molar-refractivity contribution < 1.29 is 14.2 Å². The Bertz CT molecular complexity index is 811. The van der Waals surface area contributed by atoms with Crippen molar-refractivity contribution in [1.29, 1.82) is 0 Å². The van der Waals surface area contributed by atoms with E-state index in [9.17, 15) is 9.50 Å². The van der Waals surface area contributed by atoms with Crippen LogP contribution < -0.4 is 4.74 Å². The summed E-state index contributed by atoms with van der Waals surface area (Å²) in [7, 11) is 0. The van der Waals surface area contributed by atoms with Crippen LogP contribution in [0.15, 0.2) is 47.8 Å². The first-order valence-corrected chi connectivity index (χ1v) is 7.70. The number of hydrogen-bond acceptors (Lipinski definition) is 3. The molecule has 4 heteroatoms. The average Bonchev–Trinajstić information content (AvgIpc) is 2.92. The van der Waals surface area contributed by atoms with Crippen LogP contribution in [0.25, 0.3) is 10.1 Å². The minimum atomic E-state index is -0.701. The van der Waals surface area contributed by atoms with E-state index < -0.39 is 6.10 Å². The van der Waals surface area contributed by atoms with Gasteiger partial charge in [-0.05, 0) is 35.0 Å². The molecule has 1 aliphatic heterocycles. The second kappa shape index (κ2) is 4.83. The Morgan fingerprint density at radius 1 is 1.14 bits per heavy atom. The minimum Gasteiger partial charge on any atom is -0.485 e. The van der Waals surface area contributed by atoms with Crippen molar-refractivity contribution in [3.63, 3.8) is 0 Å². The maximum atomic E-state index is 13.3. The summed E-state index contributed by atoms with van der Waals surface area (Å²) in [6.07, 6.45) is -0.459. The van der Waals surface area contributed by atoms with E-state index in [2.05, 4.69) is 17.5 Å². The first-order valence-electron chi connectivity index (χ1n) is 6.82. The van der Waals surface area contributed by atoms with Crippen LogP contribution in [0, 0.1) is 5.82 Å². The number of halogens is 1. The van der Waals surface area contributed by atoms with E-state index in [1.165, 1.54) is 16.8 Å². The van der Waals surface area contributed by atoms with Crippen molar-refractivity contribution in [2.24, 2.45) is 0 Å². The van der Waals surface area contributed by atoms with Gasteiger partial charge >= 0.3 is 0 Å². The topological polar surface area (TPSA) is 29.5 Å². The highest BCUT2D eigenvalue weighted by Gasteiger charge is 2.29. The van der Waals surface area contributed by atoms with Crippen molar-refractivity contribution in [2.75, 3.05) is 0 Å². The van der Waals surface area contributed by atoms with Crippen molar-refractivity contribution >= 4 is 21.4 Å². The third kappa shape index (κ3) is 2.11. The highest BCUT2D eigenvalue weighted by atomic mass is 32.1. The summed E-state index contributed by atoms with van der Waals surface area (Å²) >= 11 is 1.67. The molecule has 0 bridgehead atoms. The summed E-state index contributed by atoms with van der Waals surface area (Å²) in [5.41, 5.74) is 1.62. The van der Waals surface area contributed by atoms with Gasteiger partial charge in [-0.25, -0.2) is 4.39 Å². The lowest BCUT2D eigenvalue weighted by Crippen LogP contribution is -2.19. The lowest BCUT2D eigenvalue weighted by molar-refractivity contribution is 0.0662. The molecule has 3 aromatic rings. The second-order valence-corrected chi connectivity index (χ2v) is 6.14. The smallest absolute Gasteiger partial charge is 0.128 e. The third-order valence-corrected chi connectivity index (χ3v) is 4.88. The number of aliphatic hydroxyl groups is 1. The molecule has 2 atom stereocenters. The van der Waals surface area contributed by atoms with Gasteiger partial charge in [0.05, 0.1) is 6.10 Å². The minimum absolute atomic E-state index is 0.200. The van der Waals surface area contributed by atoms with Gasteiger partial charge in [-0.15, -0.1) is 11.3 Å². The van der Waals surface area contributed by atoms with Crippen LogP contribution in [0.3, 0.4) is 0 Å². The highest BCUT2D eigenvalue weighted by Crippen LogP contribution is 2.43. The molecule has 21 heavy (non-hydrogen) atoms. The second-order valence-electron chi connectivity index (χ2n) is 5.23. The number of thiophene rings is 1. The van der Waals surface area contributed by atoms with Crippen LogP contribution in [0.1, 0.15) is 29.8 Å². The van der Waals surface area contributed by atoms with E-state index in [1.54, 1.807) is 17.4 Å². The third-order valence-electron chi connectivity index (χ3n) is 3.90. The Balaban J connectivity index is 1.76.